The van der Waals surface area contributed by atoms with Crippen molar-refractivity contribution in [3.05, 3.63) is 23.7 Å². The van der Waals surface area contributed by atoms with Crippen molar-refractivity contribution in [3.63, 3.8) is 0 Å². The predicted molar refractivity (Wildman–Crippen MR) is 67.8 cm³/mol. The number of rotatable bonds is 5. The molecule has 7 heteroatoms. The quantitative estimate of drug-likeness (QED) is 0.858. The first kappa shape index (κ1) is 12.0. The third-order valence-corrected chi connectivity index (χ3v) is 3.20. The molecule has 0 aromatic carbocycles. The summed E-state index contributed by atoms with van der Waals surface area (Å²) >= 11 is 1.39. The summed E-state index contributed by atoms with van der Waals surface area (Å²) in [5.74, 6) is 0. The molecule has 2 heterocycles. The molecule has 0 aliphatic heterocycles. The number of nitrogens with one attached hydrogen (secondary N) is 1. The Hall–Kier alpha value is -1.47. The van der Waals surface area contributed by atoms with Gasteiger partial charge in [-0.05, 0) is 7.05 Å². The highest BCUT2D eigenvalue weighted by Gasteiger charge is 2.10. The van der Waals surface area contributed by atoms with E-state index < -0.39 is 0 Å². The van der Waals surface area contributed by atoms with Crippen LogP contribution >= 0.6 is 11.5 Å². The van der Waals surface area contributed by atoms with Crippen LogP contribution in [0.5, 0.6) is 0 Å². The zero-order valence-corrected chi connectivity index (χ0v) is 11.0. The molecule has 17 heavy (non-hydrogen) atoms. The average molecular weight is 252 g/mol. The summed E-state index contributed by atoms with van der Waals surface area (Å²) in [6, 6.07) is 0. The molecular weight excluding hydrogens is 236 g/mol. The van der Waals surface area contributed by atoms with Crippen LogP contribution < -0.4 is 5.32 Å². The zero-order valence-electron chi connectivity index (χ0n) is 10.2. The molecule has 0 saturated carbocycles. The highest BCUT2D eigenvalue weighted by Crippen LogP contribution is 2.18. The fourth-order valence-corrected chi connectivity index (χ4v) is 2.20. The van der Waals surface area contributed by atoms with Gasteiger partial charge in [0.2, 0.25) is 0 Å². The maximum absolute atomic E-state index is 4.15. The van der Waals surface area contributed by atoms with Crippen LogP contribution in [0.15, 0.2) is 12.4 Å². The summed E-state index contributed by atoms with van der Waals surface area (Å²) in [6.45, 7) is 1.64. The fraction of sp³-hybridized carbons (Fsp3) is 0.500. The Morgan fingerprint density at radius 3 is 2.94 bits per heavy atom. The molecule has 0 radical (unpaired) electrons. The fourth-order valence-electron chi connectivity index (χ4n) is 1.68. The van der Waals surface area contributed by atoms with E-state index in [1.807, 2.05) is 31.2 Å². The normalized spacial score (nSPS) is 11.1. The Labute approximate surface area is 104 Å². The lowest BCUT2D eigenvalue weighted by Crippen LogP contribution is -2.17. The first-order valence-electron chi connectivity index (χ1n) is 5.34. The van der Waals surface area contributed by atoms with Gasteiger partial charge in [-0.3, -0.25) is 9.58 Å². The topological polar surface area (TPSA) is 58.9 Å². The predicted octanol–water partition coefficient (Wildman–Crippen LogP) is 0.945. The van der Waals surface area contributed by atoms with Gasteiger partial charge in [-0.25, -0.2) is 0 Å². The first-order chi connectivity index (χ1) is 8.19. The first-order valence-corrected chi connectivity index (χ1v) is 6.11. The third-order valence-electron chi connectivity index (χ3n) is 2.41. The van der Waals surface area contributed by atoms with Crippen molar-refractivity contribution in [2.45, 2.75) is 13.1 Å². The van der Waals surface area contributed by atoms with E-state index in [-0.39, 0.29) is 0 Å². The molecule has 6 nitrogen and oxygen atoms in total. The minimum Gasteiger partial charge on any atom is -0.377 e. The van der Waals surface area contributed by atoms with Gasteiger partial charge in [-0.2, -0.15) is 5.10 Å². The van der Waals surface area contributed by atoms with E-state index in [9.17, 15) is 0 Å². The standard InChI is InChI=1S/C10H16N6S/c1-11-10-9(13-14-17-10)7-15(2)5-8-4-12-16(3)6-8/h4,6,11H,5,7H2,1-3H3. The second-order valence-corrected chi connectivity index (χ2v) is 4.75. The lowest BCUT2D eigenvalue weighted by Gasteiger charge is -2.14. The van der Waals surface area contributed by atoms with Crippen molar-refractivity contribution in [2.24, 2.45) is 7.05 Å². The van der Waals surface area contributed by atoms with Crippen LogP contribution in [-0.4, -0.2) is 38.4 Å². The molecular formula is C10H16N6S. The summed E-state index contributed by atoms with van der Waals surface area (Å²) in [6.07, 6.45) is 3.91. The third kappa shape index (κ3) is 3.01. The summed E-state index contributed by atoms with van der Waals surface area (Å²) in [5.41, 5.74) is 2.19. The smallest absolute Gasteiger partial charge is 0.134 e. The van der Waals surface area contributed by atoms with E-state index in [0.717, 1.165) is 23.8 Å². The number of hydrogen-bond donors (Lipinski definition) is 1. The SMILES string of the molecule is CNc1snnc1CN(C)Cc1cnn(C)c1. The molecule has 0 amide bonds. The van der Waals surface area contributed by atoms with Gasteiger partial charge >= 0.3 is 0 Å². The van der Waals surface area contributed by atoms with Crippen molar-refractivity contribution in [3.8, 4) is 0 Å². The van der Waals surface area contributed by atoms with Gasteiger partial charge in [0.05, 0.1) is 6.20 Å². The number of hydrogen-bond acceptors (Lipinski definition) is 6. The van der Waals surface area contributed by atoms with E-state index in [1.165, 1.54) is 17.1 Å². The van der Waals surface area contributed by atoms with Gasteiger partial charge in [0, 0.05) is 50.5 Å². The average Bonchev–Trinajstić information content (AvgIpc) is 2.87. The van der Waals surface area contributed by atoms with Crippen LogP contribution in [-0.2, 0) is 20.1 Å². The molecule has 2 rings (SSSR count). The van der Waals surface area contributed by atoms with Crippen LogP contribution in [0, 0.1) is 0 Å². The van der Waals surface area contributed by atoms with Crippen LogP contribution in [0.2, 0.25) is 0 Å². The maximum Gasteiger partial charge on any atom is 0.134 e. The van der Waals surface area contributed by atoms with E-state index in [4.69, 9.17) is 0 Å². The van der Waals surface area contributed by atoms with Gasteiger partial charge in [0.1, 0.15) is 10.7 Å². The molecule has 0 bridgehead atoms. The van der Waals surface area contributed by atoms with Crippen LogP contribution in [0.4, 0.5) is 5.00 Å². The van der Waals surface area contributed by atoms with E-state index in [0.29, 0.717) is 0 Å². The Balaban J connectivity index is 1.95. The number of aryl methyl sites for hydroxylation is 1. The Morgan fingerprint density at radius 1 is 1.47 bits per heavy atom. The lowest BCUT2D eigenvalue weighted by atomic mass is 10.3. The van der Waals surface area contributed by atoms with Crippen molar-refractivity contribution < 1.29 is 0 Å². The summed E-state index contributed by atoms with van der Waals surface area (Å²) in [5, 5.41) is 12.4. The molecule has 1 N–H and O–H groups in total. The Kier molecular flexibility index (Phi) is 3.70. The van der Waals surface area contributed by atoms with Gasteiger partial charge in [-0.15, -0.1) is 5.10 Å². The molecule has 0 unspecified atom stereocenters. The van der Waals surface area contributed by atoms with E-state index in [2.05, 4.69) is 31.9 Å². The van der Waals surface area contributed by atoms with Crippen LogP contribution in [0.1, 0.15) is 11.3 Å². The second-order valence-electron chi connectivity index (χ2n) is 3.99. The summed E-state index contributed by atoms with van der Waals surface area (Å²) in [7, 11) is 5.87. The van der Waals surface area contributed by atoms with Crippen molar-refractivity contribution in [2.75, 3.05) is 19.4 Å². The zero-order chi connectivity index (χ0) is 12.3. The minimum absolute atomic E-state index is 0.779. The molecule has 0 aliphatic carbocycles. The molecule has 92 valence electrons. The van der Waals surface area contributed by atoms with Crippen molar-refractivity contribution in [1.29, 1.82) is 0 Å². The molecule has 2 aromatic rings. The van der Waals surface area contributed by atoms with Crippen molar-refractivity contribution in [1.82, 2.24) is 24.3 Å². The van der Waals surface area contributed by atoms with Gasteiger partial charge in [0.25, 0.3) is 0 Å². The van der Waals surface area contributed by atoms with Crippen LogP contribution in [0.3, 0.4) is 0 Å². The van der Waals surface area contributed by atoms with Crippen molar-refractivity contribution >= 4 is 16.5 Å². The Bertz CT molecular complexity index is 477. The maximum atomic E-state index is 4.15. The Morgan fingerprint density at radius 2 is 2.29 bits per heavy atom. The minimum atomic E-state index is 0.779. The highest BCUT2D eigenvalue weighted by atomic mass is 32.1. The molecule has 0 aliphatic rings. The molecule has 0 saturated heterocycles. The molecule has 2 aromatic heterocycles. The van der Waals surface area contributed by atoms with E-state index >= 15 is 0 Å². The number of aromatic nitrogens is 4. The van der Waals surface area contributed by atoms with E-state index in [1.54, 1.807) is 0 Å². The van der Waals surface area contributed by atoms with Gasteiger partial charge in [-0.1, -0.05) is 4.49 Å². The molecule has 0 spiro atoms. The molecule has 0 fully saturated rings. The van der Waals surface area contributed by atoms with Crippen LogP contribution in [0.25, 0.3) is 0 Å². The van der Waals surface area contributed by atoms with Gasteiger partial charge < -0.3 is 5.32 Å². The highest BCUT2D eigenvalue weighted by molar-refractivity contribution is 7.10. The lowest BCUT2D eigenvalue weighted by molar-refractivity contribution is 0.315. The van der Waals surface area contributed by atoms with Gasteiger partial charge in [0.15, 0.2) is 0 Å². The molecule has 0 atom stereocenters. The second kappa shape index (κ2) is 5.24. The largest absolute Gasteiger partial charge is 0.377 e. The monoisotopic (exact) mass is 252 g/mol. The summed E-state index contributed by atoms with van der Waals surface area (Å²) < 4.78 is 5.76. The summed E-state index contributed by atoms with van der Waals surface area (Å²) in [4.78, 5) is 2.19. The number of anilines is 1. The number of nitrogens with zero attached hydrogens (tertiary/aromatic N) is 5.